The molecule has 4 rings (SSSR count). The Morgan fingerprint density at radius 2 is 1.94 bits per heavy atom. The van der Waals surface area contributed by atoms with Crippen molar-refractivity contribution >= 4 is 16.9 Å². The largest absolute Gasteiger partial charge is 0.393 e. The number of nitrogens with zero attached hydrogens (tertiary/aromatic N) is 4. The SMILES string of the molecule is Cc1c(C(O)CN2CCC(O)CC2)c2ncc(CC(O)C(N)=O)cc2n1-c1ccc(C#N)cc1. The Labute approximate surface area is 197 Å². The van der Waals surface area contributed by atoms with Crippen molar-refractivity contribution in [2.24, 2.45) is 5.73 Å². The fourth-order valence-corrected chi connectivity index (χ4v) is 4.64. The molecule has 0 radical (unpaired) electrons. The molecule has 5 N–H and O–H groups in total. The van der Waals surface area contributed by atoms with Crippen LogP contribution in [0.25, 0.3) is 16.7 Å². The number of carbonyl (C=O) groups excluding carboxylic acids is 1. The van der Waals surface area contributed by atoms with Gasteiger partial charge in [-0.25, -0.2) is 0 Å². The van der Waals surface area contributed by atoms with Crippen LogP contribution in [0.3, 0.4) is 0 Å². The van der Waals surface area contributed by atoms with Gasteiger partial charge in [-0.05, 0) is 55.7 Å². The average molecular weight is 464 g/mol. The Bertz CT molecular complexity index is 1220. The molecule has 2 atom stereocenters. The number of aliphatic hydroxyl groups excluding tert-OH is 3. The molecule has 0 aliphatic carbocycles. The number of β-amino-alcohol motifs (C(OH)–C–C–N with tert-alkyl or cyclic N) is 1. The van der Waals surface area contributed by atoms with Crippen molar-refractivity contribution in [3.05, 3.63) is 58.9 Å². The third kappa shape index (κ3) is 4.81. The number of rotatable bonds is 7. The van der Waals surface area contributed by atoms with Gasteiger partial charge in [0.2, 0.25) is 5.91 Å². The molecule has 1 saturated heterocycles. The van der Waals surface area contributed by atoms with Crippen molar-refractivity contribution in [3.8, 4) is 11.8 Å². The normalized spacial score (nSPS) is 16.9. The number of amides is 1. The van der Waals surface area contributed by atoms with Gasteiger partial charge >= 0.3 is 0 Å². The number of pyridine rings is 1. The summed E-state index contributed by atoms with van der Waals surface area (Å²) < 4.78 is 1.96. The van der Waals surface area contributed by atoms with Gasteiger partial charge in [0, 0.05) is 49.2 Å². The van der Waals surface area contributed by atoms with Gasteiger partial charge in [0.15, 0.2) is 0 Å². The third-order valence-electron chi connectivity index (χ3n) is 6.48. The first kappa shape index (κ1) is 23.9. The minimum absolute atomic E-state index is 0.0316. The molecule has 0 spiro atoms. The van der Waals surface area contributed by atoms with Gasteiger partial charge in [-0.1, -0.05) is 0 Å². The van der Waals surface area contributed by atoms with Gasteiger partial charge in [0.25, 0.3) is 0 Å². The predicted octanol–water partition coefficient (Wildman–Crippen LogP) is 1.08. The highest BCUT2D eigenvalue weighted by atomic mass is 16.3. The van der Waals surface area contributed by atoms with Gasteiger partial charge < -0.3 is 30.5 Å². The zero-order valence-electron chi connectivity index (χ0n) is 19.1. The smallest absolute Gasteiger partial charge is 0.246 e. The van der Waals surface area contributed by atoms with Gasteiger partial charge in [0.05, 0.1) is 34.9 Å². The zero-order valence-corrected chi connectivity index (χ0v) is 19.1. The third-order valence-corrected chi connectivity index (χ3v) is 6.48. The number of hydrogen-bond acceptors (Lipinski definition) is 7. The van der Waals surface area contributed by atoms with Crippen LogP contribution < -0.4 is 5.73 Å². The van der Waals surface area contributed by atoms with Crippen LogP contribution in [0, 0.1) is 18.3 Å². The van der Waals surface area contributed by atoms with E-state index in [1.807, 2.05) is 29.7 Å². The molecule has 3 heterocycles. The van der Waals surface area contributed by atoms with Gasteiger partial charge in [-0.2, -0.15) is 5.26 Å². The van der Waals surface area contributed by atoms with Gasteiger partial charge in [0.1, 0.15) is 6.10 Å². The number of primary amides is 1. The van der Waals surface area contributed by atoms with E-state index < -0.39 is 18.1 Å². The van der Waals surface area contributed by atoms with Crippen LogP contribution in [0.1, 0.15) is 41.3 Å². The van der Waals surface area contributed by atoms with Crippen LogP contribution in [0.5, 0.6) is 0 Å². The van der Waals surface area contributed by atoms with Crippen LogP contribution in [-0.2, 0) is 11.2 Å². The first-order valence-electron chi connectivity index (χ1n) is 11.3. The summed E-state index contributed by atoms with van der Waals surface area (Å²) in [6.45, 7) is 3.77. The van der Waals surface area contributed by atoms with Crippen LogP contribution >= 0.6 is 0 Å². The second kappa shape index (κ2) is 9.91. The summed E-state index contributed by atoms with van der Waals surface area (Å²) in [7, 11) is 0. The molecule has 1 aliphatic heterocycles. The molecular formula is C25H29N5O4. The lowest BCUT2D eigenvalue weighted by Crippen LogP contribution is -2.38. The Morgan fingerprint density at radius 3 is 2.56 bits per heavy atom. The molecule has 0 bridgehead atoms. The first-order valence-corrected chi connectivity index (χ1v) is 11.3. The summed E-state index contributed by atoms with van der Waals surface area (Å²) in [6, 6.07) is 11.1. The van der Waals surface area contributed by atoms with E-state index in [1.165, 1.54) is 0 Å². The summed E-state index contributed by atoms with van der Waals surface area (Å²) in [4.78, 5) is 18.1. The minimum Gasteiger partial charge on any atom is -0.393 e. The molecule has 9 heteroatoms. The van der Waals surface area contributed by atoms with Crippen LogP contribution in [0.4, 0.5) is 0 Å². The Kier molecular flexibility index (Phi) is 6.95. The second-order valence-corrected chi connectivity index (χ2v) is 8.87. The maximum Gasteiger partial charge on any atom is 0.246 e. The van der Waals surface area contributed by atoms with Crippen molar-refractivity contribution in [2.45, 2.75) is 44.5 Å². The quantitative estimate of drug-likeness (QED) is 0.410. The van der Waals surface area contributed by atoms with E-state index in [4.69, 9.17) is 11.0 Å². The molecule has 1 amide bonds. The lowest BCUT2D eigenvalue weighted by molar-refractivity contribution is -0.125. The van der Waals surface area contributed by atoms with Crippen LogP contribution in [0.2, 0.25) is 0 Å². The number of likely N-dealkylation sites (tertiary alicyclic amines) is 1. The van der Waals surface area contributed by atoms with Crippen LogP contribution in [-0.4, -0.2) is 67.5 Å². The van der Waals surface area contributed by atoms with E-state index in [1.54, 1.807) is 18.3 Å². The van der Waals surface area contributed by atoms with E-state index in [-0.39, 0.29) is 12.5 Å². The number of piperidine rings is 1. The number of carbonyl (C=O) groups is 1. The number of nitriles is 1. The summed E-state index contributed by atoms with van der Waals surface area (Å²) in [5, 5.41) is 40.1. The highest BCUT2D eigenvalue weighted by molar-refractivity contribution is 5.85. The van der Waals surface area contributed by atoms with Crippen LogP contribution in [0.15, 0.2) is 36.5 Å². The van der Waals surface area contributed by atoms with Crippen molar-refractivity contribution in [2.75, 3.05) is 19.6 Å². The predicted molar refractivity (Wildman–Crippen MR) is 126 cm³/mol. The number of benzene rings is 1. The van der Waals surface area contributed by atoms with Gasteiger partial charge in [-0.15, -0.1) is 0 Å². The summed E-state index contributed by atoms with van der Waals surface area (Å²) >= 11 is 0. The fraction of sp³-hybridized carbons (Fsp3) is 0.400. The summed E-state index contributed by atoms with van der Waals surface area (Å²) in [6.07, 6.45) is 0.578. The molecule has 34 heavy (non-hydrogen) atoms. The monoisotopic (exact) mass is 463 g/mol. The molecule has 9 nitrogen and oxygen atoms in total. The Balaban J connectivity index is 1.77. The van der Waals surface area contributed by atoms with Crippen molar-refractivity contribution in [3.63, 3.8) is 0 Å². The number of fused-ring (bicyclic) bond motifs is 1. The zero-order chi connectivity index (χ0) is 24.4. The first-order chi connectivity index (χ1) is 16.3. The fourth-order valence-electron chi connectivity index (χ4n) is 4.64. The summed E-state index contributed by atoms with van der Waals surface area (Å²) in [5.41, 5.74) is 10.1. The molecular weight excluding hydrogens is 434 g/mol. The van der Waals surface area contributed by atoms with Gasteiger partial charge in [-0.3, -0.25) is 9.78 Å². The molecule has 2 unspecified atom stereocenters. The number of aliphatic hydroxyl groups is 3. The summed E-state index contributed by atoms with van der Waals surface area (Å²) in [5.74, 6) is -0.804. The maximum atomic E-state index is 11.3. The lowest BCUT2D eigenvalue weighted by atomic mass is 10.0. The van der Waals surface area contributed by atoms with E-state index >= 15 is 0 Å². The van der Waals surface area contributed by atoms with E-state index in [2.05, 4.69) is 16.0 Å². The number of nitrogens with two attached hydrogens (primary N) is 1. The number of aromatic nitrogens is 2. The Hall–Kier alpha value is -3.29. The molecule has 0 saturated carbocycles. The topological polar surface area (TPSA) is 149 Å². The standard InChI is InChI=1S/C25H29N5O4/c1-15-23(22(33)14-29-8-6-19(31)7-9-29)24-20(10-17(13-28-24)11-21(32)25(27)34)30(15)18-4-2-16(12-26)3-5-18/h2-5,10,13,19,21-22,31-33H,6-9,11,14H2,1H3,(H2,27,34). The lowest BCUT2D eigenvalue weighted by Gasteiger charge is -2.31. The molecule has 1 aromatic carbocycles. The highest BCUT2D eigenvalue weighted by Gasteiger charge is 2.26. The molecule has 1 fully saturated rings. The Morgan fingerprint density at radius 1 is 1.26 bits per heavy atom. The molecule has 2 aromatic heterocycles. The minimum atomic E-state index is -1.32. The van der Waals surface area contributed by atoms with Crippen molar-refractivity contribution < 1.29 is 20.1 Å². The average Bonchev–Trinajstić information content (AvgIpc) is 3.11. The molecule has 178 valence electrons. The number of hydrogen-bond donors (Lipinski definition) is 4. The second-order valence-electron chi connectivity index (χ2n) is 8.87. The van der Waals surface area contributed by atoms with E-state index in [9.17, 15) is 20.1 Å². The van der Waals surface area contributed by atoms with E-state index in [0.717, 1.165) is 16.9 Å². The maximum absolute atomic E-state index is 11.3. The van der Waals surface area contributed by atoms with Crippen molar-refractivity contribution in [1.29, 1.82) is 5.26 Å². The highest BCUT2D eigenvalue weighted by Crippen LogP contribution is 2.33. The van der Waals surface area contributed by atoms with E-state index in [0.29, 0.717) is 54.7 Å². The molecule has 1 aliphatic rings. The molecule has 3 aromatic rings. The van der Waals surface area contributed by atoms with Crippen molar-refractivity contribution in [1.82, 2.24) is 14.5 Å².